The van der Waals surface area contributed by atoms with Crippen molar-refractivity contribution < 1.29 is 81.4 Å². The molecule has 4 aromatic rings. The molecule has 17 nitrogen and oxygen atoms in total. The van der Waals surface area contributed by atoms with E-state index in [2.05, 4.69) is 6.58 Å². The van der Waals surface area contributed by atoms with Crippen molar-refractivity contribution in [1.82, 2.24) is 0 Å². The van der Waals surface area contributed by atoms with Gasteiger partial charge in [0.05, 0.1) is 25.7 Å². The van der Waals surface area contributed by atoms with Gasteiger partial charge in [0.2, 0.25) is 18.3 Å². The van der Waals surface area contributed by atoms with Crippen molar-refractivity contribution in [2.75, 3.05) is 6.61 Å². The fraction of sp³-hybridized carbons (Fsp3) is 0.277. The van der Waals surface area contributed by atoms with Crippen LogP contribution in [0.1, 0.15) is 47.9 Å². The van der Waals surface area contributed by atoms with E-state index in [0.717, 1.165) is 0 Å². The van der Waals surface area contributed by atoms with Crippen molar-refractivity contribution in [3.8, 4) is 0 Å². The van der Waals surface area contributed by atoms with Gasteiger partial charge in [-0.05, 0) is 22.3 Å². The summed E-state index contributed by atoms with van der Waals surface area (Å²) in [5.74, 6) is -9.83. The zero-order valence-electron chi connectivity index (χ0n) is 34.5. The Bertz CT molecular complexity index is 2160. The summed E-state index contributed by atoms with van der Waals surface area (Å²) in [6.07, 6.45) is -10.8. The third-order valence-electron chi connectivity index (χ3n) is 8.56. The molecule has 4 rings (SSSR count). The Morgan fingerprint density at radius 2 is 0.688 bits per heavy atom. The minimum Gasteiger partial charge on any atom is -0.461 e. The van der Waals surface area contributed by atoms with E-state index in [0.29, 0.717) is 22.3 Å². The predicted octanol–water partition coefficient (Wildman–Crippen LogP) is 4.35. The maximum atomic E-state index is 13.5. The summed E-state index contributed by atoms with van der Waals surface area (Å²) in [4.78, 5) is 105. The molecule has 0 fully saturated rings. The Balaban J connectivity index is 1.48. The van der Waals surface area contributed by atoms with E-state index in [-0.39, 0.29) is 33.0 Å². The first-order valence-electron chi connectivity index (χ1n) is 19.8. The lowest BCUT2D eigenvalue weighted by Crippen LogP contribution is -2.38. The van der Waals surface area contributed by atoms with Crippen LogP contribution in [0.3, 0.4) is 0 Å². The first-order valence-corrected chi connectivity index (χ1v) is 19.8. The Kier molecular flexibility index (Phi) is 20.4. The molecular weight excluding hydrogens is 836 g/mol. The predicted molar refractivity (Wildman–Crippen MR) is 220 cm³/mol. The van der Waals surface area contributed by atoms with Gasteiger partial charge in [-0.25, -0.2) is 19.2 Å². The van der Waals surface area contributed by atoms with E-state index in [1.54, 1.807) is 121 Å². The number of aliphatic hydroxyl groups excluding tert-OH is 1. The summed E-state index contributed by atoms with van der Waals surface area (Å²) < 4.78 is 41.6. The topological polar surface area (TPSA) is 231 Å². The molecule has 0 aliphatic carbocycles. The average molecular weight is 883 g/mol. The van der Waals surface area contributed by atoms with Crippen LogP contribution in [0.15, 0.2) is 134 Å². The van der Waals surface area contributed by atoms with Gasteiger partial charge in [-0.3, -0.25) is 19.2 Å². The number of benzene rings is 4. The Labute approximate surface area is 367 Å². The molecule has 4 atom stereocenters. The maximum Gasteiger partial charge on any atom is 0.348 e. The summed E-state index contributed by atoms with van der Waals surface area (Å²) in [6, 6.07) is 33.6. The van der Waals surface area contributed by atoms with E-state index in [4.69, 9.17) is 37.9 Å². The fourth-order valence-corrected chi connectivity index (χ4v) is 5.34. The second-order valence-corrected chi connectivity index (χ2v) is 13.6. The molecule has 0 aromatic heterocycles. The van der Waals surface area contributed by atoms with Gasteiger partial charge < -0.3 is 43.0 Å². The lowest BCUT2D eigenvalue weighted by atomic mass is 10.2. The van der Waals surface area contributed by atoms with Gasteiger partial charge in [0.15, 0.2) is 6.10 Å². The minimum atomic E-state index is -2.09. The number of ether oxygens (including phenoxy) is 8. The van der Waals surface area contributed by atoms with Crippen molar-refractivity contribution in [3.63, 3.8) is 0 Å². The Hall–Kier alpha value is -7.66. The smallest absolute Gasteiger partial charge is 0.348 e. The van der Waals surface area contributed by atoms with Gasteiger partial charge in [0.25, 0.3) is 0 Å². The van der Waals surface area contributed by atoms with Crippen molar-refractivity contribution in [2.24, 2.45) is 0 Å². The molecular formula is C47H46O17. The van der Waals surface area contributed by atoms with Gasteiger partial charge in [-0.1, -0.05) is 134 Å². The number of esters is 8. The van der Waals surface area contributed by atoms with Crippen molar-refractivity contribution >= 4 is 47.8 Å². The van der Waals surface area contributed by atoms with Crippen molar-refractivity contribution in [1.29, 1.82) is 0 Å². The van der Waals surface area contributed by atoms with Crippen LogP contribution >= 0.6 is 0 Å². The lowest BCUT2D eigenvalue weighted by Gasteiger charge is -2.21. The van der Waals surface area contributed by atoms with E-state index < -0.39 is 97.9 Å². The second-order valence-electron chi connectivity index (χ2n) is 13.6. The number of aliphatic hydroxyl groups is 1. The van der Waals surface area contributed by atoms with Gasteiger partial charge in [0.1, 0.15) is 33.0 Å². The van der Waals surface area contributed by atoms with E-state index in [1.807, 2.05) is 0 Å². The van der Waals surface area contributed by atoms with Crippen LogP contribution in [0.2, 0.25) is 0 Å². The van der Waals surface area contributed by atoms with Crippen LogP contribution in [-0.2, 0) is 103 Å². The van der Waals surface area contributed by atoms with Crippen LogP contribution in [0.4, 0.5) is 0 Å². The van der Waals surface area contributed by atoms with Crippen LogP contribution < -0.4 is 0 Å². The molecule has 0 amide bonds. The molecule has 1 N–H and O–H groups in total. The second kappa shape index (κ2) is 26.6. The van der Waals surface area contributed by atoms with Crippen LogP contribution in [0.5, 0.6) is 0 Å². The molecule has 0 heterocycles. The number of rotatable bonds is 25. The molecule has 0 unspecified atom stereocenters. The quantitative estimate of drug-likeness (QED) is 0.0554. The normalized spacial score (nSPS) is 12.4. The maximum absolute atomic E-state index is 13.5. The number of carbonyl (C=O) groups excluding carboxylic acids is 8. The highest BCUT2D eigenvalue weighted by atomic mass is 16.6. The SMILES string of the molecule is C=CCOC(=O)C[C@H](OC(=O)C[C@H](OC(=O)C[C@H](OC(=O)C[C@H](O)C(=O)OCc1ccccc1)C(=O)OCc1ccccc1)C(=O)OCc1ccccc1)C(=O)OCc1ccccc1. The van der Waals surface area contributed by atoms with E-state index >= 15 is 0 Å². The zero-order chi connectivity index (χ0) is 46.1. The molecule has 0 aliphatic rings. The summed E-state index contributed by atoms with van der Waals surface area (Å²) in [5.41, 5.74) is 2.22. The molecule has 0 saturated heterocycles. The molecule has 336 valence electrons. The molecule has 64 heavy (non-hydrogen) atoms. The number of hydrogen-bond acceptors (Lipinski definition) is 17. The van der Waals surface area contributed by atoms with E-state index in [1.165, 1.54) is 6.08 Å². The Morgan fingerprint density at radius 3 is 1.00 bits per heavy atom. The van der Waals surface area contributed by atoms with Crippen molar-refractivity contribution in [3.05, 3.63) is 156 Å². The van der Waals surface area contributed by atoms with Crippen molar-refractivity contribution in [2.45, 2.75) is 76.5 Å². The molecule has 0 aliphatic heterocycles. The number of hydrogen-bond donors (Lipinski definition) is 1. The first-order chi connectivity index (χ1) is 30.9. The molecule has 4 aromatic carbocycles. The van der Waals surface area contributed by atoms with Crippen LogP contribution in [0, 0.1) is 0 Å². The third kappa shape index (κ3) is 18.1. The minimum absolute atomic E-state index is 0.212. The fourth-order valence-electron chi connectivity index (χ4n) is 5.34. The third-order valence-corrected chi connectivity index (χ3v) is 8.56. The van der Waals surface area contributed by atoms with Gasteiger partial charge in [0, 0.05) is 0 Å². The average Bonchev–Trinajstić information content (AvgIpc) is 3.30. The van der Waals surface area contributed by atoms with Gasteiger partial charge >= 0.3 is 47.8 Å². The monoisotopic (exact) mass is 882 g/mol. The molecule has 17 heteroatoms. The summed E-state index contributed by atoms with van der Waals surface area (Å²) in [6.45, 7) is 2.10. The summed E-state index contributed by atoms with van der Waals surface area (Å²) in [5, 5.41) is 10.4. The van der Waals surface area contributed by atoms with Gasteiger partial charge in [-0.2, -0.15) is 0 Å². The Morgan fingerprint density at radius 1 is 0.406 bits per heavy atom. The van der Waals surface area contributed by atoms with Crippen LogP contribution in [0.25, 0.3) is 0 Å². The molecule has 0 radical (unpaired) electrons. The van der Waals surface area contributed by atoms with Gasteiger partial charge in [-0.15, -0.1) is 0 Å². The molecule has 0 saturated carbocycles. The standard InChI is InChI=1S/C47H46O17/c1-2-23-57-40(49)25-37(45(54)59-29-33-17-9-4-10-18-33)63-42(51)27-39(47(56)61-31-35-21-13-6-14-22-35)64-43(52)26-38(46(55)60-30-34-19-11-5-12-20-34)62-41(50)24-36(48)44(53)58-28-32-15-7-3-8-16-32/h2-22,36-39,48H,1,23-31H2/t36-,37-,38-,39-/m0/s1. The van der Waals surface area contributed by atoms with Crippen LogP contribution in [-0.4, -0.2) is 83.9 Å². The highest BCUT2D eigenvalue weighted by molar-refractivity contribution is 5.89. The summed E-state index contributed by atoms with van der Waals surface area (Å²) >= 11 is 0. The molecule has 0 bridgehead atoms. The highest BCUT2D eigenvalue weighted by Gasteiger charge is 2.36. The summed E-state index contributed by atoms with van der Waals surface area (Å²) in [7, 11) is 0. The highest BCUT2D eigenvalue weighted by Crippen LogP contribution is 2.16. The van der Waals surface area contributed by atoms with E-state index in [9.17, 15) is 43.5 Å². The largest absolute Gasteiger partial charge is 0.461 e. The number of carbonyl (C=O) groups is 8. The lowest BCUT2D eigenvalue weighted by molar-refractivity contribution is -0.182. The first kappa shape index (κ1) is 49.0. The molecule has 0 spiro atoms. The zero-order valence-corrected chi connectivity index (χ0v) is 34.5.